The minimum Gasteiger partial charge on any atom is -0.463 e. The molecule has 1 aliphatic rings. The summed E-state index contributed by atoms with van der Waals surface area (Å²) >= 11 is 0. The third-order valence-corrected chi connectivity index (χ3v) is 2.91. The van der Waals surface area contributed by atoms with Crippen molar-refractivity contribution in [3.63, 3.8) is 0 Å². The maximum Gasteiger partial charge on any atom is 0.305 e. The Morgan fingerprint density at radius 2 is 1.33 bits per heavy atom. The highest BCUT2D eigenvalue weighted by molar-refractivity contribution is 5.68. The molecule has 0 bridgehead atoms. The zero-order chi connectivity index (χ0) is 18.4. The lowest BCUT2D eigenvalue weighted by atomic mass is 10.00. The minimum absolute atomic E-state index is 0.501. The molecule has 0 saturated carbocycles. The second-order valence-electron chi connectivity index (χ2n) is 5.05. The fraction of sp³-hybridized carbons (Fsp3) is 0.714. The van der Waals surface area contributed by atoms with Gasteiger partial charge in [-0.15, -0.1) is 0 Å². The van der Waals surface area contributed by atoms with Crippen molar-refractivity contribution in [3.8, 4) is 0 Å². The van der Waals surface area contributed by atoms with Gasteiger partial charge in [0.2, 0.25) is 12.4 Å². The van der Waals surface area contributed by atoms with Gasteiger partial charge in [0.05, 0.1) is 0 Å². The van der Waals surface area contributed by atoms with Gasteiger partial charge in [-0.1, -0.05) is 0 Å². The number of rotatable bonds is 5. The second-order valence-corrected chi connectivity index (χ2v) is 5.05. The van der Waals surface area contributed by atoms with Crippen LogP contribution in [0.5, 0.6) is 0 Å². The third kappa shape index (κ3) is 5.76. The Balaban J connectivity index is 3.07. The first-order valence-corrected chi connectivity index (χ1v) is 7.06. The number of ether oxygens (including phenoxy) is 5. The molecule has 9 nitrogen and oxygen atoms in total. The molecule has 136 valence electrons. The van der Waals surface area contributed by atoms with Crippen LogP contribution < -0.4 is 0 Å². The summed E-state index contributed by atoms with van der Waals surface area (Å²) in [7, 11) is 0. The molecule has 0 aromatic carbocycles. The van der Waals surface area contributed by atoms with Crippen molar-refractivity contribution in [3.05, 3.63) is 0 Å². The van der Waals surface area contributed by atoms with E-state index in [0.717, 1.165) is 27.7 Å². The Labute approximate surface area is 137 Å². The number of carbonyl (C=O) groups excluding carboxylic acids is 4. The van der Waals surface area contributed by atoms with Crippen LogP contribution in [0.1, 0.15) is 27.7 Å². The van der Waals surface area contributed by atoms with Crippen LogP contribution in [0.25, 0.3) is 0 Å². The monoisotopic (exact) mass is 350 g/mol. The number of esters is 4. The summed E-state index contributed by atoms with van der Waals surface area (Å²) in [6.07, 6.45) is -7.98. The van der Waals surface area contributed by atoms with Crippen LogP contribution in [0.3, 0.4) is 0 Å². The van der Waals surface area contributed by atoms with Gasteiger partial charge in [-0.3, -0.25) is 19.2 Å². The summed E-state index contributed by atoms with van der Waals surface area (Å²) in [6.45, 7) is 3.77. The van der Waals surface area contributed by atoms with Gasteiger partial charge in [0.1, 0.15) is 12.7 Å². The molecule has 0 aromatic heterocycles. The number of alkyl halides is 1. The molecule has 0 aromatic rings. The Morgan fingerprint density at radius 3 is 1.79 bits per heavy atom. The van der Waals surface area contributed by atoms with Crippen molar-refractivity contribution in [1.82, 2.24) is 0 Å². The van der Waals surface area contributed by atoms with Gasteiger partial charge < -0.3 is 23.7 Å². The third-order valence-electron chi connectivity index (χ3n) is 2.91. The molecule has 10 heteroatoms. The number of hydrogen-bond donors (Lipinski definition) is 0. The zero-order valence-electron chi connectivity index (χ0n) is 13.6. The van der Waals surface area contributed by atoms with E-state index in [-0.39, 0.29) is 0 Å². The molecule has 5 atom stereocenters. The normalized spacial score (nSPS) is 29.3. The molecular weight excluding hydrogens is 331 g/mol. The largest absolute Gasteiger partial charge is 0.463 e. The van der Waals surface area contributed by atoms with Gasteiger partial charge in [-0.2, -0.15) is 0 Å². The van der Waals surface area contributed by atoms with E-state index in [9.17, 15) is 23.6 Å². The minimum atomic E-state index is -1.98. The average Bonchev–Trinajstić information content (AvgIpc) is 2.42. The fourth-order valence-electron chi connectivity index (χ4n) is 2.10. The Bertz CT molecular complexity index is 506. The van der Waals surface area contributed by atoms with Gasteiger partial charge in [0, 0.05) is 27.7 Å². The first kappa shape index (κ1) is 19.8. The summed E-state index contributed by atoms with van der Waals surface area (Å²) in [4.78, 5) is 44.5. The Morgan fingerprint density at radius 1 is 0.833 bits per heavy atom. The smallest absolute Gasteiger partial charge is 0.305 e. The van der Waals surface area contributed by atoms with Gasteiger partial charge in [-0.25, -0.2) is 4.39 Å². The van der Waals surface area contributed by atoms with Crippen LogP contribution in [0, 0.1) is 0 Å². The summed E-state index contributed by atoms with van der Waals surface area (Å²) < 4.78 is 39.1. The predicted molar refractivity (Wildman–Crippen MR) is 73.1 cm³/mol. The second kappa shape index (κ2) is 8.57. The highest BCUT2D eigenvalue weighted by Crippen LogP contribution is 2.29. The van der Waals surface area contributed by atoms with Gasteiger partial charge >= 0.3 is 23.9 Å². The van der Waals surface area contributed by atoms with E-state index >= 15 is 0 Å². The number of halogens is 1. The predicted octanol–water partition coefficient (Wildman–Crippen LogP) is 0.0390. The molecular formula is C14H19FO9. The Kier molecular flexibility index (Phi) is 7.08. The maximum atomic E-state index is 14.6. The molecule has 1 heterocycles. The highest BCUT2D eigenvalue weighted by atomic mass is 19.1. The average molecular weight is 350 g/mol. The molecule has 1 fully saturated rings. The summed E-state index contributed by atoms with van der Waals surface area (Å²) in [5.41, 5.74) is 0. The summed E-state index contributed by atoms with van der Waals surface area (Å²) in [5.74, 6) is -3.12. The molecule has 0 radical (unpaired) electrons. The van der Waals surface area contributed by atoms with Crippen LogP contribution >= 0.6 is 0 Å². The molecule has 24 heavy (non-hydrogen) atoms. The molecule has 0 aliphatic carbocycles. The Hall–Kier alpha value is -2.23. The molecule has 0 amide bonds. The van der Waals surface area contributed by atoms with Gasteiger partial charge in [0.25, 0.3) is 0 Å². The van der Waals surface area contributed by atoms with E-state index in [4.69, 9.17) is 18.9 Å². The van der Waals surface area contributed by atoms with Gasteiger partial charge in [-0.05, 0) is 0 Å². The molecule has 5 unspecified atom stereocenters. The van der Waals surface area contributed by atoms with Gasteiger partial charge in [0.15, 0.2) is 12.3 Å². The van der Waals surface area contributed by atoms with E-state index in [1.807, 2.05) is 0 Å². The van der Waals surface area contributed by atoms with E-state index in [0.29, 0.717) is 0 Å². The van der Waals surface area contributed by atoms with E-state index in [1.165, 1.54) is 0 Å². The van der Waals surface area contributed by atoms with Crippen LogP contribution in [0.15, 0.2) is 0 Å². The van der Waals surface area contributed by atoms with Crippen molar-refractivity contribution in [2.45, 2.75) is 58.5 Å². The van der Waals surface area contributed by atoms with Crippen molar-refractivity contribution in [1.29, 1.82) is 0 Å². The summed E-state index contributed by atoms with van der Waals surface area (Å²) in [6, 6.07) is 0. The lowest BCUT2D eigenvalue weighted by Crippen LogP contribution is -2.60. The van der Waals surface area contributed by atoms with Crippen LogP contribution in [-0.2, 0) is 42.9 Å². The van der Waals surface area contributed by atoms with Crippen LogP contribution in [-0.4, -0.2) is 61.3 Å². The lowest BCUT2D eigenvalue weighted by molar-refractivity contribution is -0.288. The lowest BCUT2D eigenvalue weighted by Gasteiger charge is -2.41. The zero-order valence-corrected chi connectivity index (χ0v) is 13.6. The van der Waals surface area contributed by atoms with E-state index in [1.54, 1.807) is 0 Å². The van der Waals surface area contributed by atoms with Crippen molar-refractivity contribution in [2.24, 2.45) is 0 Å². The van der Waals surface area contributed by atoms with Crippen molar-refractivity contribution < 1.29 is 47.3 Å². The molecule has 0 N–H and O–H groups in total. The van der Waals surface area contributed by atoms with Crippen LogP contribution in [0.2, 0.25) is 0 Å². The molecule has 0 spiro atoms. The molecule has 1 saturated heterocycles. The van der Waals surface area contributed by atoms with Crippen molar-refractivity contribution >= 4 is 23.9 Å². The topological polar surface area (TPSA) is 114 Å². The van der Waals surface area contributed by atoms with E-state index in [2.05, 4.69) is 4.74 Å². The summed E-state index contributed by atoms with van der Waals surface area (Å²) in [5, 5.41) is 0. The van der Waals surface area contributed by atoms with Crippen LogP contribution in [0.4, 0.5) is 4.39 Å². The van der Waals surface area contributed by atoms with E-state index < -0.39 is 61.3 Å². The fourth-order valence-corrected chi connectivity index (χ4v) is 2.10. The van der Waals surface area contributed by atoms with Crippen molar-refractivity contribution in [2.75, 3.05) is 6.61 Å². The number of carbonyl (C=O) groups is 4. The maximum absolute atomic E-state index is 14.6. The number of hydrogen-bond acceptors (Lipinski definition) is 9. The highest BCUT2D eigenvalue weighted by Gasteiger charge is 2.52. The molecule has 1 aliphatic heterocycles. The molecule has 1 rings (SSSR count). The first-order valence-electron chi connectivity index (χ1n) is 7.06. The first-order chi connectivity index (χ1) is 11.1. The SMILES string of the molecule is CC(=O)OCC1OC(OC(C)=O)C(OC(C)=O)C(OC(C)=O)C1F. The quantitative estimate of drug-likeness (QED) is 0.500. The standard InChI is InChI=1S/C14H19FO9/c1-6(16)20-5-10-11(15)12(21-7(2)17)13(22-8(3)18)14(24-10)23-9(4)19/h10-14H,5H2,1-4H3.